The van der Waals surface area contributed by atoms with Crippen LogP contribution in [0.25, 0.3) is 0 Å². The fourth-order valence-electron chi connectivity index (χ4n) is 2.84. The molecule has 0 radical (unpaired) electrons. The number of aromatic nitrogens is 2. The molecule has 1 aromatic heterocycles. The molecule has 1 aliphatic heterocycles. The molecule has 0 bridgehead atoms. The zero-order valence-corrected chi connectivity index (χ0v) is 10.8. The molecule has 3 N–H and O–H groups in total. The zero-order chi connectivity index (χ0) is 12.6. The Hall–Kier alpha value is -1.07. The van der Waals surface area contributed by atoms with Gasteiger partial charge in [0.2, 0.25) is 0 Å². The van der Waals surface area contributed by atoms with Gasteiger partial charge >= 0.3 is 0 Å². The van der Waals surface area contributed by atoms with Crippen LogP contribution >= 0.6 is 0 Å². The van der Waals surface area contributed by atoms with E-state index >= 15 is 0 Å². The lowest BCUT2D eigenvalue weighted by atomic mass is 10.0. The van der Waals surface area contributed by atoms with E-state index in [4.69, 9.17) is 5.73 Å². The summed E-state index contributed by atoms with van der Waals surface area (Å²) in [6.07, 6.45) is 1.11. The number of aryl methyl sites for hydroxylation is 2. The van der Waals surface area contributed by atoms with Crippen LogP contribution in [0, 0.1) is 12.8 Å². The van der Waals surface area contributed by atoms with E-state index in [1.807, 2.05) is 18.7 Å². The molecule has 5 heteroatoms. The lowest BCUT2D eigenvalue weighted by molar-refractivity contribution is 0.244. The minimum absolute atomic E-state index is 0.190. The highest BCUT2D eigenvalue weighted by atomic mass is 16.3. The van der Waals surface area contributed by atoms with Crippen LogP contribution < -0.4 is 10.6 Å². The van der Waals surface area contributed by atoms with Crippen molar-refractivity contribution in [2.75, 3.05) is 18.1 Å². The third kappa shape index (κ3) is 1.93. The summed E-state index contributed by atoms with van der Waals surface area (Å²) in [5, 5.41) is 14.0. The number of nitrogens with two attached hydrogens (primary N) is 1. The SMILES string of the molecule is Cc1nn(C)c(N2CCC(C)C2CO)c1CN. The van der Waals surface area contributed by atoms with Gasteiger partial charge in [-0.1, -0.05) is 6.92 Å². The quantitative estimate of drug-likeness (QED) is 0.799. The molecular weight excluding hydrogens is 216 g/mol. The summed E-state index contributed by atoms with van der Waals surface area (Å²) in [7, 11) is 1.94. The molecule has 1 fully saturated rings. The van der Waals surface area contributed by atoms with Gasteiger partial charge in [-0.2, -0.15) is 5.10 Å². The maximum absolute atomic E-state index is 9.53. The van der Waals surface area contributed by atoms with Crippen molar-refractivity contribution in [3.8, 4) is 0 Å². The van der Waals surface area contributed by atoms with Crippen LogP contribution in [-0.2, 0) is 13.6 Å². The largest absolute Gasteiger partial charge is 0.394 e. The van der Waals surface area contributed by atoms with Crippen LogP contribution in [0.2, 0.25) is 0 Å². The van der Waals surface area contributed by atoms with E-state index in [0.717, 1.165) is 30.0 Å². The first-order chi connectivity index (χ1) is 8.10. The van der Waals surface area contributed by atoms with Crippen molar-refractivity contribution in [2.45, 2.75) is 32.9 Å². The van der Waals surface area contributed by atoms with Gasteiger partial charge in [-0.3, -0.25) is 4.68 Å². The normalized spacial score (nSPS) is 24.6. The molecule has 0 spiro atoms. The Morgan fingerprint density at radius 1 is 1.53 bits per heavy atom. The lowest BCUT2D eigenvalue weighted by Gasteiger charge is -2.28. The number of nitrogens with zero attached hydrogens (tertiary/aromatic N) is 3. The van der Waals surface area contributed by atoms with Crippen molar-refractivity contribution in [3.63, 3.8) is 0 Å². The molecule has 2 rings (SSSR count). The van der Waals surface area contributed by atoms with Gasteiger partial charge in [-0.25, -0.2) is 0 Å². The predicted molar refractivity (Wildman–Crippen MR) is 67.8 cm³/mol. The molecule has 1 aromatic rings. The van der Waals surface area contributed by atoms with Crippen molar-refractivity contribution in [1.29, 1.82) is 0 Å². The van der Waals surface area contributed by atoms with Crippen molar-refractivity contribution < 1.29 is 5.11 Å². The maximum atomic E-state index is 9.53. The average Bonchev–Trinajstić information content (AvgIpc) is 2.78. The van der Waals surface area contributed by atoms with Gasteiger partial charge in [0.15, 0.2) is 0 Å². The molecule has 0 amide bonds. The van der Waals surface area contributed by atoms with Crippen LogP contribution in [-0.4, -0.2) is 34.1 Å². The third-order valence-electron chi connectivity index (χ3n) is 3.86. The van der Waals surface area contributed by atoms with Crippen molar-refractivity contribution >= 4 is 5.82 Å². The molecule has 0 saturated carbocycles. The first-order valence-corrected chi connectivity index (χ1v) is 6.20. The summed E-state index contributed by atoms with van der Waals surface area (Å²) >= 11 is 0. The molecule has 0 aliphatic carbocycles. The summed E-state index contributed by atoms with van der Waals surface area (Å²) in [5.74, 6) is 1.59. The van der Waals surface area contributed by atoms with Crippen molar-refractivity contribution in [1.82, 2.24) is 9.78 Å². The Morgan fingerprint density at radius 3 is 2.82 bits per heavy atom. The van der Waals surface area contributed by atoms with Gasteiger partial charge in [-0.05, 0) is 19.3 Å². The molecule has 5 nitrogen and oxygen atoms in total. The second kappa shape index (κ2) is 4.66. The van der Waals surface area contributed by atoms with Gasteiger partial charge in [0.1, 0.15) is 5.82 Å². The van der Waals surface area contributed by atoms with Crippen LogP contribution in [0.1, 0.15) is 24.6 Å². The second-order valence-electron chi connectivity index (χ2n) is 4.92. The van der Waals surface area contributed by atoms with Crippen LogP contribution in [0.3, 0.4) is 0 Å². The molecular formula is C12H22N4O. The molecule has 1 aliphatic rings. The maximum Gasteiger partial charge on any atom is 0.131 e. The summed E-state index contributed by atoms with van der Waals surface area (Å²) < 4.78 is 1.89. The lowest BCUT2D eigenvalue weighted by Crippen LogP contribution is -2.37. The van der Waals surface area contributed by atoms with Gasteiger partial charge in [0.05, 0.1) is 18.3 Å². The number of rotatable bonds is 3. The number of anilines is 1. The van der Waals surface area contributed by atoms with Crippen molar-refractivity contribution in [3.05, 3.63) is 11.3 Å². The smallest absolute Gasteiger partial charge is 0.131 e. The highest BCUT2D eigenvalue weighted by Gasteiger charge is 2.33. The number of hydrogen-bond acceptors (Lipinski definition) is 4. The minimum Gasteiger partial charge on any atom is -0.394 e. The van der Waals surface area contributed by atoms with E-state index in [0.29, 0.717) is 12.5 Å². The Labute approximate surface area is 102 Å². The summed E-state index contributed by atoms with van der Waals surface area (Å²) in [6.45, 7) is 5.83. The number of aliphatic hydroxyl groups excluding tert-OH is 1. The summed E-state index contributed by atoms with van der Waals surface area (Å²) in [4.78, 5) is 2.26. The highest BCUT2D eigenvalue weighted by molar-refractivity contribution is 5.52. The molecule has 96 valence electrons. The van der Waals surface area contributed by atoms with Crippen LogP contribution in [0.4, 0.5) is 5.82 Å². The van der Waals surface area contributed by atoms with E-state index in [2.05, 4.69) is 16.9 Å². The monoisotopic (exact) mass is 238 g/mol. The van der Waals surface area contributed by atoms with E-state index in [9.17, 15) is 5.11 Å². The fraction of sp³-hybridized carbons (Fsp3) is 0.750. The molecule has 2 heterocycles. The predicted octanol–water partition coefficient (Wildman–Crippen LogP) is 0.394. The van der Waals surface area contributed by atoms with Gasteiger partial charge in [0.25, 0.3) is 0 Å². The van der Waals surface area contributed by atoms with Crippen molar-refractivity contribution in [2.24, 2.45) is 18.7 Å². The van der Waals surface area contributed by atoms with Crippen LogP contribution in [0.5, 0.6) is 0 Å². The number of hydrogen-bond donors (Lipinski definition) is 2. The first kappa shape index (κ1) is 12.4. The van der Waals surface area contributed by atoms with E-state index in [1.165, 1.54) is 0 Å². The molecule has 0 aromatic carbocycles. The second-order valence-corrected chi connectivity index (χ2v) is 4.92. The van der Waals surface area contributed by atoms with Gasteiger partial charge in [-0.15, -0.1) is 0 Å². The summed E-state index contributed by atoms with van der Waals surface area (Å²) in [6, 6.07) is 0.190. The fourth-order valence-corrected chi connectivity index (χ4v) is 2.84. The topological polar surface area (TPSA) is 67.3 Å². The molecule has 2 atom stereocenters. The Bertz CT molecular complexity index is 401. The van der Waals surface area contributed by atoms with E-state index in [-0.39, 0.29) is 12.6 Å². The first-order valence-electron chi connectivity index (χ1n) is 6.20. The van der Waals surface area contributed by atoms with E-state index < -0.39 is 0 Å². The standard InChI is InChI=1S/C12H22N4O/c1-8-4-5-16(11(8)7-17)12-10(6-13)9(2)14-15(12)3/h8,11,17H,4-7,13H2,1-3H3. The Morgan fingerprint density at radius 2 is 2.24 bits per heavy atom. The molecule has 1 saturated heterocycles. The van der Waals surface area contributed by atoms with E-state index in [1.54, 1.807) is 0 Å². The average molecular weight is 238 g/mol. The molecule has 2 unspecified atom stereocenters. The Kier molecular flexibility index (Phi) is 3.40. The highest BCUT2D eigenvalue weighted by Crippen LogP contribution is 2.32. The van der Waals surface area contributed by atoms with Gasteiger partial charge in [0, 0.05) is 25.7 Å². The van der Waals surface area contributed by atoms with Crippen LogP contribution in [0.15, 0.2) is 0 Å². The third-order valence-corrected chi connectivity index (χ3v) is 3.86. The van der Waals surface area contributed by atoms with Gasteiger partial charge < -0.3 is 15.7 Å². The Balaban J connectivity index is 2.40. The summed E-state index contributed by atoms with van der Waals surface area (Å²) in [5.41, 5.74) is 7.90. The zero-order valence-electron chi connectivity index (χ0n) is 10.8. The minimum atomic E-state index is 0.190. The number of aliphatic hydroxyl groups is 1. The molecule has 17 heavy (non-hydrogen) atoms.